The first kappa shape index (κ1) is 11.7. The number of nitrogen functional groups attached to an aromatic ring is 1. The highest BCUT2D eigenvalue weighted by Gasteiger charge is 2.13. The summed E-state index contributed by atoms with van der Waals surface area (Å²) < 4.78 is 0. The summed E-state index contributed by atoms with van der Waals surface area (Å²) in [5.74, 6) is 0.628. The normalized spacial score (nSPS) is 10.8. The summed E-state index contributed by atoms with van der Waals surface area (Å²) in [4.78, 5) is 0. The zero-order valence-electron chi connectivity index (χ0n) is 10.7. The van der Waals surface area contributed by atoms with E-state index in [1.54, 1.807) is 0 Å². The van der Waals surface area contributed by atoms with Crippen LogP contribution in [0.1, 0.15) is 30.0 Å². The van der Waals surface area contributed by atoms with E-state index in [-0.39, 0.29) is 0 Å². The predicted octanol–water partition coefficient (Wildman–Crippen LogP) is 3.23. The molecule has 17 heavy (non-hydrogen) atoms. The SMILES string of the molecule is CCCc1c(N)n[nH]c1-c1cccc(C)c1C. The Hall–Kier alpha value is -1.77. The lowest BCUT2D eigenvalue weighted by molar-refractivity contribution is 0.926. The third-order valence-electron chi connectivity index (χ3n) is 3.27. The number of rotatable bonds is 3. The number of aromatic nitrogens is 2. The molecule has 2 aromatic rings. The van der Waals surface area contributed by atoms with Crippen molar-refractivity contribution < 1.29 is 0 Å². The Bertz CT molecular complexity index is 526. The van der Waals surface area contributed by atoms with Gasteiger partial charge in [-0.2, -0.15) is 5.10 Å². The maximum atomic E-state index is 5.91. The molecule has 0 spiro atoms. The minimum absolute atomic E-state index is 0.628. The fourth-order valence-electron chi connectivity index (χ4n) is 2.13. The predicted molar refractivity (Wildman–Crippen MR) is 71.9 cm³/mol. The third kappa shape index (κ3) is 2.05. The van der Waals surface area contributed by atoms with Crippen LogP contribution in [0.3, 0.4) is 0 Å². The van der Waals surface area contributed by atoms with Crippen molar-refractivity contribution in [3.05, 3.63) is 34.9 Å². The van der Waals surface area contributed by atoms with E-state index in [2.05, 4.69) is 49.2 Å². The summed E-state index contributed by atoms with van der Waals surface area (Å²) in [6, 6.07) is 6.32. The molecule has 0 saturated heterocycles. The first-order valence-corrected chi connectivity index (χ1v) is 6.04. The van der Waals surface area contributed by atoms with Gasteiger partial charge in [-0.15, -0.1) is 0 Å². The van der Waals surface area contributed by atoms with E-state index in [9.17, 15) is 0 Å². The average molecular weight is 229 g/mol. The van der Waals surface area contributed by atoms with Crippen molar-refractivity contribution in [1.82, 2.24) is 10.2 Å². The average Bonchev–Trinajstić information content (AvgIpc) is 2.66. The molecule has 0 aliphatic carbocycles. The smallest absolute Gasteiger partial charge is 0.149 e. The first-order valence-electron chi connectivity index (χ1n) is 6.04. The van der Waals surface area contributed by atoms with Gasteiger partial charge in [-0.05, 0) is 31.4 Å². The molecule has 1 aromatic heterocycles. The lowest BCUT2D eigenvalue weighted by atomic mass is 9.97. The van der Waals surface area contributed by atoms with Crippen molar-refractivity contribution in [2.75, 3.05) is 5.73 Å². The Morgan fingerprint density at radius 3 is 2.76 bits per heavy atom. The fraction of sp³-hybridized carbons (Fsp3) is 0.357. The lowest BCUT2D eigenvalue weighted by Crippen LogP contribution is -1.94. The summed E-state index contributed by atoms with van der Waals surface area (Å²) >= 11 is 0. The second kappa shape index (κ2) is 4.62. The van der Waals surface area contributed by atoms with Crippen molar-refractivity contribution >= 4 is 5.82 Å². The van der Waals surface area contributed by atoms with Crippen LogP contribution in [0.25, 0.3) is 11.3 Å². The molecule has 3 N–H and O–H groups in total. The van der Waals surface area contributed by atoms with Gasteiger partial charge in [0.1, 0.15) is 5.82 Å². The van der Waals surface area contributed by atoms with Crippen LogP contribution in [0, 0.1) is 13.8 Å². The lowest BCUT2D eigenvalue weighted by Gasteiger charge is -2.08. The van der Waals surface area contributed by atoms with Crippen molar-refractivity contribution in [3.63, 3.8) is 0 Å². The number of H-pyrrole nitrogens is 1. The summed E-state index contributed by atoms with van der Waals surface area (Å²) in [5.41, 5.74) is 11.9. The molecule has 1 heterocycles. The molecule has 0 atom stereocenters. The highest BCUT2D eigenvalue weighted by Crippen LogP contribution is 2.30. The van der Waals surface area contributed by atoms with Crippen LogP contribution in [-0.2, 0) is 6.42 Å². The zero-order chi connectivity index (χ0) is 12.4. The van der Waals surface area contributed by atoms with Crippen LogP contribution in [0.4, 0.5) is 5.82 Å². The van der Waals surface area contributed by atoms with Gasteiger partial charge < -0.3 is 5.73 Å². The standard InChI is InChI=1S/C14H19N3/c1-4-6-12-13(16-17-14(12)15)11-8-5-7-9(2)10(11)3/h5,7-8H,4,6H2,1-3H3,(H3,15,16,17). The number of aryl methyl sites for hydroxylation is 1. The number of hydrogen-bond donors (Lipinski definition) is 2. The van der Waals surface area contributed by atoms with Crippen LogP contribution in [0.5, 0.6) is 0 Å². The minimum atomic E-state index is 0.628. The number of benzene rings is 1. The van der Waals surface area contributed by atoms with E-state index in [0.29, 0.717) is 5.82 Å². The summed E-state index contributed by atoms with van der Waals surface area (Å²) in [6.45, 7) is 6.41. The molecule has 1 aromatic carbocycles. The summed E-state index contributed by atoms with van der Waals surface area (Å²) in [5, 5.41) is 7.20. The van der Waals surface area contributed by atoms with Gasteiger partial charge in [-0.3, -0.25) is 5.10 Å². The molecule has 3 nitrogen and oxygen atoms in total. The Morgan fingerprint density at radius 2 is 2.06 bits per heavy atom. The number of nitrogens with zero attached hydrogens (tertiary/aromatic N) is 1. The first-order chi connectivity index (χ1) is 8.15. The van der Waals surface area contributed by atoms with E-state index in [0.717, 1.165) is 24.1 Å². The molecule has 0 aliphatic heterocycles. The van der Waals surface area contributed by atoms with Crippen molar-refractivity contribution in [2.45, 2.75) is 33.6 Å². The highest BCUT2D eigenvalue weighted by atomic mass is 15.2. The maximum Gasteiger partial charge on any atom is 0.149 e. The molecule has 3 heteroatoms. The molecule has 0 aliphatic rings. The molecule has 90 valence electrons. The minimum Gasteiger partial charge on any atom is -0.382 e. The molecule has 0 radical (unpaired) electrons. The van der Waals surface area contributed by atoms with Crippen LogP contribution in [0.2, 0.25) is 0 Å². The molecular weight excluding hydrogens is 210 g/mol. The Kier molecular flexibility index (Phi) is 3.18. The van der Waals surface area contributed by atoms with E-state index in [1.807, 2.05) is 0 Å². The highest BCUT2D eigenvalue weighted by molar-refractivity contribution is 5.71. The van der Waals surface area contributed by atoms with Crippen molar-refractivity contribution in [1.29, 1.82) is 0 Å². The summed E-state index contributed by atoms with van der Waals surface area (Å²) in [7, 11) is 0. The second-order valence-corrected chi connectivity index (χ2v) is 4.46. The van der Waals surface area contributed by atoms with E-state index < -0.39 is 0 Å². The fourth-order valence-corrected chi connectivity index (χ4v) is 2.13. The van der Waals surface area contributed by atoms with Crippen LogP contribution < -0.4 is 5.73 Å². The number of nitrogens with two attached hydrogens (primary N) is 1. The van der Waals surface area contributed by atoms with Gasteiger partial charge in [0.2, 0.25) is 0 Å². The number of anilines is 1. The zero-order valence-corrected chi connectivity index (χ0v) is 10.7. The van der Waals surface area contributed by atoms with Gasteiger partial charge in [0.15, 0.2) is 0 Å². The van der Waals surface area contributed by atoms with Gasteiger partial charge >= 0.3 is 0 Å². The molecule has 0 unspecified atom stereocenters. The van der Waals surface area contributed by atoms with Crippen LogP contribution >= 0.6 is 0 Å². The van der Waals surface area contributed by atoms with Gasteiger partial charge in [-0.1, -0.05) is 31.5 Å². The molecule has 0 saturated carbocycles. The number of hydrogen-bond acceptors (Lipinski definition) is 2. The molecule has 0 fully saturated rings. The third-order valence-corrected chi connectivity index (χ3v) is 3.27. The van der Waals surface area contributed by atoms with E-state index >= 15 is 0 Å². The monoisotopic (exact) mass is 229 g/mol. The Morgan fingerprint density at radius 1 is 1.29 bits per heavy atom. The van der Waals surface area contributed by atoms with Gasteiger partial charge in [0.25, 0.3) is 0 Å². The summed E-state index contributed by atoms with van der Waals surface area (Å²) in [6.07, 6.45) is 2.03. The van der Waals surface area contributed by atoms with Crippen molar-refractivity contribution in [2.24, 2.45) is 0 Å². The maximum absolute atomic E-state index is 5.91. The largest absolute Gasteiger partial charge is 0.382 e. The molecule has 2 rings (SSSR count). The number of aromatic amines is 1. The Balaban J connectivity index is 2.56. The van der Waals surface area contributed by atoms with Crippen LogP contribution in [0.15, 0.2) is 18.2 Å². The Labute approximate surface area is 102 Å². The molecule has 0 bridgehead atoms. The van der Waals surface area contributed by atoms with Gasteiger partial charge in [0, 0.05) is 11.1 Å². The number of nitrogens with one attached hydrogen (secondary N) is 1. The quantitative estimate of drug-likeness (QED) is 0.849. The second-order valence-electron chi connectivity index (χ2n) is 4.46. The van der Waals surface area contributed by atoms with Gasteiger partial charge in [0.05, 0.1) is 5.69 Å². The van der Waals surface area contributed by atoms with Gasteiger partial charge in [-0.25, -0.2) is 0 Å². The molecular formula is C14H19N3. The van der Waals surface area contributed by atoms with Crippen molar-refractivity contribution in [3.8, 4) is 11.3 Å². The molecule has 0 amide bonds. The topological polar surface area (TPSA) is 54.7 Å². The van der Waals surface area contributed by atoms with E-state index in [4.69, 9.17) is 5.73 Å². The van der Waals surface area contributed by atoms with E-state index in [1.165, 1.54) is 16.7 Å². The van der Waals surface area contributed by atoms with Crippen LogP contribution in [-0.4, -0.2) is 10.2 Å².